The number of hydrogen-bond acceptors (Lipinski definition) is 6. The Hall–Kier alpha value is -2.61. The Morgan fingerprint density at radius 2 is 1.90 bits per heavy atom. The van der Waals surface area contributed by atoms with Gasteiger partial charge in [0, 0.05) is 62.7 Å². The zero-order valence-corrected chi connectivity index (χ0v) is 18.0. The molecule has 0 spiro atoms. The number of benzene rings is 1. The zero-order valence-electron chi connectivity index (χ0n) is 17.1. The predicted octanol–water partition coefficient (Wildman–Crippen LogP) is 2.50. The molecule has 1 N–H and O–H groups in total. The first kappa shape index (κ1) is 21.1. The van der Waals surface area contributed by atoms with Gasteiger partial charge in [0.25, 0.3) is 5.91 Å². The number of carbonyl (C=O) groups excluding carboxylic acids is 2. The van der Waals surface area contributed by atoms with Crippen molar-refractivity contribution in [3.05, 3.63) is 47.2 Å². The van der Waals surface area contributed by atoms with E-state index in [1.54, 1.807) is 18.7 Å². The second-order valence-corrected chi connectivity index (χ2v) is 7.93. The quantitative estimate of drug-likeness (QED) is 0.579. The summed E-state index contributed by atoms with van der Waals surface area (Å²) in [4.78, 5) is 36.9. The third-order valence-corrected chi connectivity index (χ3v) is 5.68. The molecule has 1 aromatic carbocycles. The number of hydrogen-bond donors (Lipinski definition) is 1. The van der Waals surface area contributed by atoms with Crippen LogP contribution in [0.1, 0.15) is 35.5 Å². The Morgan fingerprint density at radius 3 is 2.59 bits per heavy atom. The summed E-state index contributed by atoms with van der Waals surface area (Å²) in [7, 11) is 0. The number of anilines is 1. The molecule has 0 radical (unpaired) electrons. The summed E-state index contributed by atoms with van der Waals surface area (Å²) in [6.07, 6.45) is 0. The molecule has 1 saturated heterocycles. The maximum absolute atomic E-state index is 12.0. The van der Waals surface area contributed by atoms with E-state index in [0.717, 1.165) is 35.3 Å². The predicted molar refractivity (Wildman–Crippen MR) is 115 cm³/mol. The molecular weight excluding hydrogens is 386 g/mol. The van der Waals surface area contributed by atoms with Crippen molar-refractivity contribution in [2.45, 2.75) is 31.7 Å². The van der Waals surface area contributed by atoms with Gasteiger partial charge in [0.15, 0.2) is 5.16 Å². The minimum absolute atomic E-state index is 0.0573. The summed E-state index contributed by atoms with van der Waals surface area (Å²) >= 11 is 1.56. The van der Waals surface area contributed by atoms with Gasteiger partial charge >= 0.3 is 0 Å². The molecule has 29 heavy (non-hydrogen) atoms. The van der Waals surface area contributed by atoms with Crippen LogP contribution >= 0.6 is 11.8 Å². The number of thioether (sulfide) groups is 1. The maximum Gasteiger partial charge on any atom is 0.251 e. The number of piperazine rings is 1. The molecule has 0 saturated carbocycles. The van der Waals surface area contributed by atoms with E-state index in [0.29, 0.717) is 31.0 Å². The van der Waals surface area contributed by atoms with Crippen molar-refractivity contribution < 1.29 is 9.59 Å². The van der Waals surface area contributed by atoms with Crippen LogP contribution in [0.4, 0.5) is 5.82 Å². The van der Waals surface area contributed by atoms with E-state index >= 15 is 0 Å². The number of aryl methyl sites for hydroxylation is 1. The van der Waals surface area contributed by atoms with E-state index in [4.69, 9.17) is 4.98 Å². The first-order valence-electron chi connectivity index (χ1n) is 9.82. The number of amides is 2. The first-order valence-corrected chi connectivity index (χ1v) is 10.8. The van der Waals surface area contributed by atoms with Gasteiger partial charge in [-0.2, -0.15) is 0 Å². The van der Waals surface area contributed by atoms with Crippen molar-refractivity contribution in [2.24, 2.45) is 0 Å². The van der Waals surface area contributed by atoms with Gasteiger partial charge in [0.05, 0.1) is 0 Å². The van der Waals surface area contributed by atoms with Crippen LogP contribution in [-0.2, 0) is 10.5 Å². The third-order valence-electron chi connectivity index (χ3n) is 4.76. The second kappa shape index (κ2) is 9.73. The van der Waals surface area contributed by atoms with Gasteiger partial charge in [0.1, 0.15) is 5.82 Å². The van der Waals surface area contributed by atoms with E-state index in [2.05, 4.69) is 15.2 Å². The van der Waals surface area contributed by atoms with Gasteiger partial charge in [-0.05, 0) is 31.5 Å². The third kappa shape index (κ3) is 5.69. The van der Waals surface area contributed by atoms with Gasteiger partial charge in [-0.15, -0.1) is 0 Å². The first-order chi connectivity index (χ1) is 14.0. The highest BCUT2D eigenvalue weighted by atomic mass is 32.2. The molecule has 3 rings (SSSR count). The van der Waals surface area contributed by atoms with Crippen LogP contribution in [0.2, 0.25) is 0 Å². The van der Waals surface area contributed by atoms with Crippen molar-refractivity contribution in [2.75, 3.05) is 37.6 Å². The Morgan fingerprint density at radius 1 is 1.14 bits per heavy atom. The average Bonchev–Trinajstić information content (AvgIpc) is 2.72. The standard InChI is InChI=1S/C21H27N5O2S/c1-4-22-20(28)18-7-5-6-17(13-18)14-29-21-23-15(2)12-19(24-21)26-10-8-25(9-11-26)16(3)27/h5-7,12-13H,4,8-11,14H2,1-3H3,(H,22,28). The van der Waals surface area contributed by atoms with Gasteiger partial charge in [-0.25, -0.2) is 9.97 Å². The molecule has 1 aromatic heterocycles. The molecule has 0 atom stereocenters. The minimum Gasteiger partial charge on any atom is -0.353 e. The Balaban J connectivity index is 1.66. The highest BCUT2D eigenvalue weighted by Crippen LogP contribution is 2.24. The maximum atomic E-state index is 12.0. The van der Waals surface area contributed by atoms with Gasteiger partial charge in [0.2, 0.25) is 5.91 Å². The highest BCUT2D eigenvalue weighted by Gasteiger charge is 2.20. The fourth-order valence-corrected chi connectivity index (χ4v) is 4.06. The fourth-order valence-electron chi connectivity index (χ4n) is 3.22. The number of carbonyl (C=O) groups is 2. The smallest absolute Gasteiger partial charge is 0.251 e. The Bertz CT molecular complexity index is 881. The zero-order chi connectivity index (χ0) is 20.8. The molecule has 8 heteroatoms. The van der Waals surface area contributed by atoms with Crippen molar-refractivity contribution >= 4 is 29.4 Å². The molecule has 0 aliphatic carbocycles. The molecule has 1 fully saturated rings. The van der Waals surface area contributed by atoms with Crippen molar-refractivity contribution in [3.8, 4) is 0 Å². The summed E-state index contributed by atoms with van der Waals surface area (Å²) in [5.41, 5.74) is 2.64. The van der Waals surface area contributed by atoms with Crippen molar-refractivity contribution in [1.29, 1.82) is 0 Å². The van der Waals surface area contributed by atoms with E-state index < -0.39 is 0 Å². The highest BCUT2D eigenvalue weighted by molar-refractivity contribution is 7.98. The molecule has 2 aromatic rings. The van der Waals surface area contributed by atoms with E-state index in [9.17, 15) is 9.59 Å². The SMILES string of the molecule is CCNC(=O)c1cccc(CSc2nc(C)cc(N3CCN(C(C)=O)CC3)n2)c1. The largest absolute Gasteiger partial charge is 0.353 e. The molecule has 0 unspecified atom stereocenters. The summed E-state index contributed by atoms with van der Waals surface area (Å²) < 4.78 is 0. The molecule has 1 aliphatic heterocycles. The minimum atomic E-state index is -0.0573. The molecule has 2 heterocycles. The molecule has 2 amide bonds. The summed E-state index contributed by atoms with van der Waals surface area (Å²) in [6.45, 7) is 9.07. The lowest BCUT2D eigenvalue weighted by molar-refractivity contribution is -0.129. The van der Waals surface area contributed by atoms with E-state index in [1.807, 2.05) is 49.1 Å². The normalized spacial score (nSPS) is 14.0. The molecule has 7 nitrogen and oxygen atoms in total. The Labute approximate surface area is 175 Å². The summed E-state index contributed by atoms with van der Waals surface area (Å²) in [5, 5.41) is 3.54. The molecule has 0 bridgehead atoms. The van der Waals surface area contributed by atoms with Crippen LogP contribution in [0.15, 0.2) is 35.5 Å². The lowest BCUT2D eigenvalue weighted by atomic mass is 10.1. The van der Waals surface area contributed by atoms with Crippen LogP contribution in [0, 0.1) is 6.92 Å². The van der Waals surface area contributed by atoms with Crippen LogP contribution in [0.25, 0.3) is 0 Å². The summed E-state index contributed by atoms with van der Waals surface area (Å²) in [6, 6.07) is 9.63. The van der Waals surface area contributed by atoms with Crippen molar-refractivity contribution in [1.82, 2.24) is 20.2 Å². The van der Waals surface area contributed by atoms with E-state index in [1.165, 1.54) is 0 Å². The van der Waals surface area contributed by atoms with Gasteiger partial charge < -0.3 is 15.1 Å². The fraction of sp³-hybridized carbons (Fsp3) is 0.429. The molecular formula is C21H27N5O2S. The molecule has 1 aliphatic rings. The topological polar surface area (TPSA) is 78.4 Å². The van der Waals surface area contributed by atoms with Gasteiger partial charge in [-0.3, -0.25) is 9.59 Å². The lowest BCUT2D eigenvalue weighted by Gasteiger charge is -2.35. The van der Waals surface area contributed by atoms with Crippen LogP contribution in [-0.4, -0.2) is 59.4 Å². The summed E-state index contributed by atoms with van der Waals surface area (Å²) in [5.74, 6) is 1.65. The van der Waals surface area contributed by atoms with Crippen LogP contribution < -0.4 is 10.2 Å². The number of rotatable bonds is 6. The lowest BCUT2D eigenvalue weighted by Crippen LogP contribution is -2.48. The number of nitrogens with one attached hydrogen (secondary N) is 1. The van der Waals surface area contributed by atoms with Crippen molar-refractivity contribution in [3.63, 3.8) is 0 Å². The molecule has 154 valence electrons. The van der Waals surface area contributed by atoms with Crippen LogP contribution in [0.5, 0.6) is 0 Å². The average molecular weight is 414 g/mol. The van der Waals surface area contributed by atoms with E-state index in [-0.39, 0.29) is 11.8 Å². The Kier molecular flexibility index (Phi) is 7.09. The van der Waals surface area contributed by atoms with Crippen LogP contribution in [0.3, 0.4) is 0 Å². The van der Waals surface area contributed by atoms with Gasteiger partial charge in [-0.1, -0.05) is 23.9 Å². The number of aromatic nitrogens is 2. The monoisotopic (exact) mass is 413 g/mol. The number of nitrogens with zero attached hydrogens (tertiary/aromatic N) is 4. The second-order valence-electron chi connectivity index (χ2n) is 6.99.